The van der Waals surface area contributed by atoms with Crippen LogP contribution >= 0.6 is 0 Å². The zero-order valence-corrected chi connectivity index (χ0v) is 22.6. The van der Waals surface area contributed by atoms with Gasteiger partial charge >= 0.3 is 0 Å². The Hall–Kier alpha value is -1.82. The van der Waals surface area contributed by atoms with Crippen LogP contribution in [0.4, 0.5) is 11.8 Å². The molecule has 202 valence electrons. The molecule has 0 aromatic carbocycles. The summed E-state index contributed by atoms with van der Waals surface area (Å²) in [4.78, 5) is 25.0. The van der Waals surface area contributed by atoms with Gasteiger partial charge in [-0.15, -0.1) is 0 Å². The van der Waals surface area contributed by atoms with Gasteiger partial charge < -0.3 is 10.6 Å². The Morgan fingerprint density at radius 2 is 1.76 bits per heavy atom. The Labute approximate surface area is 219 Å². The number of hydrogen-bond donors (Lipinski definition) is 2. The normalized spacial score (nSPS) is 31.6. The van der Waals surface area contributed by atoms with Crippen molar-refractivity contribution in [1.29, 1.82) is 0 Å². The number of aromatic nitrogens is 2. The van der Waals surface area contributed by atoms with Crippen molar-refractivity contribution in [2.75, 3.05) is 49.5 Å². The molecular weight excluding hydrogens is 490 g/mol. The SMILES string of the molecule is CC1CCCC1N1C(=O)C2(CC2)c2cnc(NC3CCN(S(=O)(=O)N4CC5(CCNCC5)C4)CC3)nc21. The fraction of sp³-hybridized carbons (Fsp3) is 0.808. The van der Waals surface area contributed by atoms with Crippen LogP contribution in [-0.4, -0.2) is 84.3 Å². The maximum absolute atomic E-state index is 13.5. The molecule has 11 heteroatoms. The number of nitrogens with one attached hydrogen (secondary N) is 2. The second-order valence-corrected chi connectivity index (χ2v) is 14.4. The summed E-state index contributed by atoms with van der Waals surface area (Å²) in [6.45, 7) is 6.55. The van der Waals surface area contributed by atoms with Crippen molar-refractivity contribution in [3.63, 3.8) is 0 Å². The highest BCUT2D eigenvalue weighted by Crippen LogP contribution is 2.58. The molecule has 3 saturated heterocycles. The van der Waals surface area contributed by atoms with E-state index in [4.69, 9.17) is 4.98 Å². The maximum atomic E-state index is 13.5. The number of carbonyl (C=O) groups is 1. The quantitative estimate of drug-likeness (QED) is 0.599. The lowest BCUT2D eigenvalue weighted by molar-refractivity contribution is -0.120. The van der Waals surface area contributed by atoms with E-state index in [0.717, 1.165) is 82.3 Å². The largest absolute Gasteiger partial charge is 0.351 e. The van der Waals surface area contributed by atoms with Gasteiger partial charge in [-0.25, -0.2) is 4.98 Å². The Morgan fingerprint density at radius 3 is 2.41 bits per heavy atom. The van der Waals surface area contributed by atoms with Crippen LogP contribution in [0.15, 0.2) is 6.20 Å². The summed E-state index contributed by atoms with van der Waals surface area (Å²) in [7, 11) is -3.40. The summed E-state index contributed by atoms with van der Waals surface area (Å²) in [5, 5.41) is 6.85. The predicted molar refractivity (Wildman–Crippen MR) is 140 cm³/mol. The lowest BCUT2D eigenvalue weighted by Crippen LogP contribution is -2.64. The van der Waals surface area contributed by atoms with Crippen molar-refractivity contribution in [3.05, 3.63) is 11.8 Å². The summed E-state index contributed by atoms with van der Waals surface area (Å²) in [6.07, 6.45) is 10.6. The molecule has 6 aliphatic rings. The number of nitrogens with zero attached hydrogens (tertiary/aromatic N) is 5. The van der Waals surface area contributed by atoms with Crippen LogP contribution in [0.5, 0.6) is 0 Å². The molecule has 37 heavy (non-hydrogen) atoms. The molecule has 7 rings (SSSR count). The van der Waals surface area contributed by atoms with E-state index in [9.17, 15) is 13.2 Å². The molecule has 2 atom stereocenters. The molecule has 0 radical (unpaired) electrons. The third kappa shape index (κ3) is 3.83. The molecule has 2 aliphatic carbocycles. The fourth-order valence-electron chi connectivity index (χ4n) is 7.55. The zero-order chi connectivity index (χ0) is 25.4. The molecule has 10 nitrogen and oxygen atoms in total. The highest BCUT2D eigenvalue weighted by Gasteiger charge is 2.62. The van der Waals surface area contributed by atoms with Crippen molar-refractivity contribution in [3.8, 4) is 0 Å². The molecule has 4 aliphatic heterocycles. The highest BCUT2D eigenvalue weighted by molar-refractivity contribution is 7.86. The van der Waals surface area contributed by atoms with Crippen LogP contribution in [0.1, 0.15) is 70.3 Å². The summed E-state index contributed by atoms with van der Waals surface area (Å²) in [5.41, 5.74) is 0.816. The lowest BCUT2D eigenvalue weighted by atomic mass is 9.74. The Kier molecular flexibility index (Phi) is 5.63. The van der Waals surface area contributed by atoms with Gasteiger partial charge in [0.1, 0.15) is 5.82 Å². The van der Waals surface area contributed by atoms with Gasteiger partial charge in [-0.05, 0) is 70.4 Å². The first kappa shape index (κ1) is 24.2. The number of amides is 1. The second kappa shape index (κ2) is 8.59. The topological polar surface area (TPSA) is 111 Å². The molecule has 0 bridgehead atoms. The molecule has 1 amide bonds. The number of rotatable bonds is 5. The molecule has 2 saturated carbocycles. The minimum Gasteiger partial charge on any atom is -0.351 e. The highest BCUT2D eigenvalue weighted by atomic mass is 32.2. The van der Waals surface area contributed by atoms with E-state index in [2.05, 4.69) is 22.5 Å². The van der Waals surface area contributed by atoms with Gasteiger partial charge in [-0.1, -0.05) is 13.3 Å². The van der Waals surface area contributed by atoms with Crippen LogP contribution in [0.25, 0.3) is 0 Å². The zero-order valence-electron chi connectivity index (χ0n) is 21.8. The Bertz CT molecular complexity index is 1180. The molecule has 2 N–H and O–H groups in total. The van der Waals surface area contributed by atoms with Gasteiger partial charge in [0.05, 0.1) is 5.41 Å². The van der Waals surface area contributed by atoms with Gasteiger partial charge in [0.25, 0.3) is 10.2 Å². The van der Waals surface area contributed by atoms with Crippen molar-refractivity contribution in [2.45, 2.75) is 82.2 Å². The molecular formula is C26H39N7O3S. The van der Waals surface area contributed by atoms with Gasteiger partial charge in [0.15, 0.2) is 0 Å². The smallest absolute Gasteiger partial charge is 0.282 e. The molecule has 2 spiro atoms. The summed E-state index contributed by atoms with van der Waals surface area (Å²) >= 11 is 0. The number of anilines is 2. The number of hydrogen-bond acceptors (Lipinski definition) is 7. The van der Waals surface area contributed by atoms with E-state index < -0.39 is 10.2 Å². The minimum absolute atomic E-state index is 0.113. The van der Waals surface area contributed by atoms with Gasteiger partial charge in [-0.2, -0.15) is 22.0 Å². The summed E-state index contributed by atoms with van der Waals surface area (Å²) in [5.74, 6) is 2.07. The van der Waals surface area contributed by atoms with Gasteiger partial charge in [0.2, 0.25) is 11.9 Å². The number of carbonyl (C=O) groups excluding carboxylic acids is 1. The molecule has 2 unspecified atom stereocenters. The van der Waals surface area contributed by atoms with Crippen LogP contribution in [0, 0.1) is 11.3 Å². The first-order valence-corrected chi connectivity index (χ1v) is 15.6. The van der Waals surface area contributed by atoms with Crippen molar-refractivity contribution in [1.82, 2.24) is 23.9 Å². The van der Waals surface area contributed by atoms with Crippen LogP contribution in [0.2, 0.25) is 0 Å². The van der Waals surface area contributed by atoms with Crippen molar-refractivity contribution in [2.24, 2.45) is 11.3 Å². The predicted octanol–water partition coefficient (Wildman–Crippen LogP) is 1.85. The van der Waals surface area contributed by atoms with E-state index in [0.29, 0.717) is 38.0 Å². The van der Waals surface area contributed by atoms with Gasteiger partial charge in [0, 0.05) is 55.4 Å². The second-order valence-electron chi connectivity index (χ2n) is 12.5. The first-order chi connectivity index (χ1) is 17.8. The fourth-order valence-corrected chi connectivity index (χ4v) is 9.42. The van der Waals surface area contributed by atoms with E-state index >= 15 is 0 Å². The average molecular weight is 530 g/mol. The molecule has 5 heterocycles. The Morgan fingerprint density at radius 1 is 1.03 bits per heavy atom. The van der Waals surface area contributed by atoms with Crippen molar-refractivity contribution >= 4 is 27.9 Å². The van der Waals surface area contributed by atoms with Crippen LogP contribution in [-0.2, 0) is 20.4 Å². The van der Waals surface area contributed by atoms with E-state index in [-0.39, 0.29) is 28.8 Å². The summed E-state index contributed by atoms with van der Waals surface area (Å²) < 4.78 is 29.8. The Balaban J connectivity index is 1.00. The van der Waals surface area contributed by atoms with Gasteiger partial charge in [-0.3, -0.25) is 9.69 Å². The monoisotopic (exact) mass is 529 g/mol. The third-order valence-corrected chi connectivity index (χ3v) is 12.1. The van der Waals surface area contributed by atoms with Crippen LogP contribution in [0.3, 0.4) is 0 Å². The molecule has 5 fully saturated rings. The van der Waals surface area contributed by atoms with E-state index in [1.54, 1.807) is 8.61 Å². The first-order valence-electron chi connectivity index (χ1n) is 14.3. The number of piperidine rings is 2. The van der Waals surface area contributed by atoms with Crippen LogP contribution < -0.4 is 15.5 Å². The minimum atomic E-state index is -3.40. The molecule has 1 aromatic rings. The maximum Gasteiger partial charge on any atom is 0.282 e. The molecule has 1 aromatic heterocycles. The number of fused-ring (bicyclic) bond motifs is 2. The van der Waals surface area contributed by atoms with E-state index in [1.807, 2.05) is 11.1 Å². The third-order valence-electron chi connectivity index (χ3n) is 10.2. The van der Waals surface area contributed by atoms with Crippen molar-refractivity contribution < 1.29 is 13.2 Å². The lowest BCUT2D eigenvalue weighted by Gasteiger charge is -2.52. The standard InChI is InChI=1S/C26H39N7O3S/c1-18-3-2-4-21(18)33-22-20(26(7-8-26)23(33)34)15-28-24(30-22)29-19-5-13-31(14-6-19)37(35,36)32-16-25(17-32)9-11-27-12-10-25/h15,18-19,21,27H,2-14,16-17H2,1H3,(H,28,29,30). The summed E-state index contributed by atoms with van der Waals surface area (Å²) in [6, 6.07) is 0.343. The van der Waals surface area contributed by atoms with E-state index in [1.165, 1.54) is 0 Å². The average Bonchev–Trinajstić information content (AvgIpc) is 3.53.